The van der Waals surface area contributed by atoms with Crippen molar-refractivity contribution in [3.05, 3.63) is 0 Å². The van der Waals surface area contributed by atoms with Gasteiger partial charge in [-0.3, -0.25) is 0 Å². The van der Waals surface area contributed by atoms with Gasteiger partial charge in [-0.05, 0) is 34.1 Å². The van der Waals surface area contributed by atoms with Crippen LogP contribution in [0.2, 0.25) is 0 Å². The lowest BCUT2D eigenvalue weighted by molar-refractivity contribution is -0.184. The number of hydrogen-bond acceptors (Lipinski definition) is 3. The molecule has 1 unspecified atom stereocenters. The third kappa shape index (κ3) is 8.93. The third-order valence-corrected chi connectivity index (χ3v) is 3.80. The molecule has 0 saturated heterocycles. The molecule has 0 aromatic rings. The Morgan fingerprint density at radius 2 is 1.40 bits per heavy atom. The number of rotatable bonds is 12. The first kappa shape index (κ1) is 19.9. The predicted molar refractivity (Wildman–Crippen MR) is 84.9 cm³/mol. The van der Waals surface area contributed by atoms with Gasteiger partial charge in [-0.15, -0.1) is 0 Å². The van der Waals surface area contributed by atoms with E-state index in [-0.39, 0.29) is 6.61 Å². The number of unbranched alkanes of at least 4 members (excludes halogenated alkanes) is 6. The van der Waals surface area contributed by atoms with Gasteiger partial charge in [0.2, 0.25) is 0 Å². The van der Waals surface area contributed by atoms with Gasteiger partial charge in [0.15, 0.2) is 0 Å². The summed E-state index contributed by atoms with van der Waals surface area (Å²) >= 11 is 0. The van der Waals surface area contributed by atoms with Crippen molar-refractivity contribution < 1.29 is 14.9 Å². The molecule has 2 N–H and O–H groups in total. The van der Waals surface area contributed by atoms with Crippen molar-refractivity contribution in [3.8, 4) is 0 Å². The van der Waals surface area contributed by atoms with Crippen LogP contribution in [0.15, 0.2) is 0 Å². The first-order chi connectivity index (χ1) is 9.25. The van der Waals surface area contributed by atoms with Crippen LogP contribution in [0.25, 0.3) is 0 Å². The van der Waals surface area contributed by atoms with Crippen molar-refractivity contribution in [1.82, 2.24) is 0 Å². The zero-order valence-electron chi connectivity index (χ0n) is 14.2. The maximum atomic E-state index is 10.3. The molecule has 0 aromatic carbocycles. The van der Waals surface area contributed by atoms with Crippen molar-refractivity contribution in [2.75, 3.05) is 6.61 Å². The van der Waals surface area contributed by atoms with Crippen LogP contribution in [0.3, 0.4) is 0 Å². The molecule has 0 amide bonds. The van der Waals surface area contributed by atoms with E-state index in [1.165, 1.54) is 38.5 Å². The van der Waals surface area contributed by atoms with Crippen LogP contribution >= 0.6 is 0 Å². The van der Waals surface area contributed by atoms with Crippen LogP contribution in [-0.2, 0) is 4.74 Å². The van der Waals surface area contributed by atoms with E-state index in [0.717, 1.165) is 12.8 Å². The summed E-state index contributed by atoms with van der Waals surface area (Å²) in [4.78, 5) is 0. The maximum absolute atomic E-state index is 10.3. The Kier molecular flexibility index (Phi) is 9.69. The van der Waals surface area contributed by atoms with Gasteiger partial charge in [-0.2, -0.15) is 0 Å². The summed E-state index contributed by atoms with van der Waals surface area (Å²) in [5, 5.41) is 19.5. The normalized spacial score (nSPS) is 14.6. The highest BCUT2D eigenvalue weighted by atomic mass is 16.5. The standard InChI is InChI=1S/C17H36O3/c1-6-7-8-9-10-11-12-13-15(19)17(4,5)20-16(2,3)14-18/h15,18-19H,6-14H2,1-5H3. The minimum absolute atomic E-state index is 0.0411. The fraction of sp³-hybridized carbons (Fsp3) is 1.00. The zero-order valence-corrected chi connectivity index (χ0v) is 14.2. The van der Waals surface area contributed by atoms with Crippen molar-refractivity contribution in [2.45, 2.75) is 103 Å². The molecule has 0 aromatic heterocycles. The quantitative estimate of drug-likeness (QED) is 0.533. The van der Waals surface area contributed by atoms with Gasteiger partial charge in [0.05, 0.1) is 23.9 Å². The first-order valence-electron chi connectivity index (χ1n) is 8.24. The second kappa shape index (κ2) is 9.75. The van der Waals surface area contributed by atoms with Crippen LogP contribution in [0.5, 0.6) is 0 Å². The summed E-state index contributed by atoms with van der Waals surface area (Å²) in [7, 11) is 0. The smallest absolute Gasteiger partial charge is 0.0892 e. The Labute approximate surface area is 125 Å². The van der Waals surface area contributed by atoms with Crippen molar-refractivity contribution in [1.29, 1.82) is 0 Å². The molecule has 122 valence electrons. The highest BCUT2D eigenvalue weighted by Crippen LogP contribution is 2.26. The fourth-order valence-electron chi connectivity index (χ4n) is 2.45. The van der Waals surface area contributed by atoms with Gasteiger partial charge in [0, 0.05) is 0 Å². The van der Waals surface area contributed by atoms with Crippen LogP contribution in [0.1, 0.15) is 86.0 Å². The molecule has 0 rings (SSSR count). The monoisotopic (exact) mass is 288 g/mol. The predicted octanol–water partition coefficient (Wildman–Crippen LogP) is 4.05. The fourth-order valence-corrected chi connectivity index (χ4v) is 2.45. The molecule has 1 atom stereocenters. The lowest BCUT2D eigenvalue weighted by Crippen LogP contribution is -2.47. The molecule has 3 nitrogen and oxygen atoms in total. The van der Waals surface area contributed by atoms with Gasteiger partial charge in [0.1, 0.15) is 0 Å². The largest absolute Gasteiger partial charge is 0.393 e. The molecule has 0 aliphatic rings. The number of aliphatic hydroxyl groups excluding tert-OH is 2. The van der Waals surface area contributed by atoms with E-state index in [4.69, 9.17) is 4.74 Å². The average molecular weight is 288 g/mol. The highest BCUT2D eigenvalue weighted by molar-refractivity contribution is 4.83. The van der Waals surface area contributed by atoms with E-state index in [9.17, 15) is 10.2 Å². The summed E-state index contributed by atoms with van der Waals surface area (Å²) in [6, 6.07) is 0. The van der Waals surface area contributed by atoms with E-state index in [1.54, 1.807) is 0 Å². The molecule has 3 heteroatoms. The molecule has 0 aliphatic heterocycles. The summed E-state index contributed by atoms with van der Waals surface area (Å²) in [5.74, 6) is 0. The number of aliphatic hydroxyl groups is 2. The molecule has 20 heavy (non-hydrogen) atoms. The maximum Gasteiger partial charge on any atom is 0.0892 e. The summed E-state index contributed by atoms with van der Waals surface area (Å²) in [6.45, 7) is 9.67. The van der Waals surface area contributed by atoms with Crippen molar-refractivity contribution in [2.24, 2.45) is 0 Å². The van der Waals surface area contributed by atoms with Crippen molar-refractivity contribution in [3.63, 3.8) is 0 Å². The molecular weight excluding hydrogens is 252 g/mol. The summed E-state index contributed by atoms with van der Waals surface area (Å²) < 4.78 is 5.85. The Balaban J connectivity index is 3.86. The zero-order chi connectivity index (χ0) is 15.6. The van der Waals surface area contributed by atoms with Crippen LogP contribution in [-0.4, -0.2) is 34.1 Å². The highest BCUT2D eigenvalue weighted by Gasteiger charge is 2.34. The number of ether oxygens (including phenoxy) is 1. The lowest BCUT2D eigenvalue weighted by atomic mass is 9.94. The minimum Gasteiger partial charge on any atom is -0.393 e. The Bertz CT molecular complexity index is 236. The van der Waals surface area contributed by atoms with E-state index >= 15 is 0 Å². The number of hydrogen-bond donors (Lipinski definition) is 2. The Morgan fingerprint density at radius 3 is 1.90 bits per heavy atom. The molecule has 0 saturated carbocycles. The van der Waals surface area contributed by atoms with E-state index < -0.39 is 17.3 Å². The minimum atomic E-state index is -0.617. The van der Waals surface area contributed by atoms with Crippen molar-refractivity contribution >= 4 is 0 Å². The molecule has 0 radical (unpaired) electrons. The molecule has 0 aliphatic carbocycles. The van der Waals surface area contributed by atoms with E-state index in [0.29, 0.717) is 0 Å². The van der Waals surface area contributed by atoms with Crippen LogP contribution in [0.4, 0.5) is 0 Å². The van der Waals surface area contributed by atoms with Gasteiger partial charge < -0.3 is 14.9 Å². The summed E-state index contributed by atoms with van der Waals surface area (Å²) in [6.07, 6.45) is 9.02. The van der Waals surface area contributed by atoms with E-state index in [2.05, 4.69) is 6.92 Å². The summed E-state index contributed by atoms with van der Waals surface area (Å²) in [5.41, 5.74) is -1.22. The third-order valence-electron chi connectivity index (χ3n) is 3.80. The van der Waals surface area contributed by atoms with E-state index in [1.807, 2.05) is 27.7 Å². The lowest BCUT2D eigenvalue weighted by Gasteiger charge is -2.38. The van der Waals surface area contributed by atoms with Crippen LogP contribution < -0.4 is 0 Å². The molecule has 0 fully saturated rings. The average Bonchev–Trinajstić information content (AvgIpc) is 2.36. The van der Waals surface area contributed by atoms with Gasteiger partial charge >= 0.3 is 0 Å². The second-order valence-electron chi connectivity index (χ2n) is 7.05. The first-order valence-corrected chi connectivity index (χ1v) is 8.24. The second-order valence-corrected chi connectivity index (χ2v) is 7.05. The van der Waals surface area contributed by atoms with Gasteiger partial charge in [0.25, 0.3) is 0 Å². The molecule has 0 bridgehead atoms. The molecule has 0 heterocycles. The topological polar surface area (TPSA) is 49.7 Å². The molecular formula is C17H36O3. The van der Waals surface area contributed by atoms with Gasteiger partial charge in [-0.25, -0.2) is 0 Å². The molecule has 0 spiro atoms. The van der Waals surface area contributed by atoms with Crippen LogP contribution in [0, 0.1) is 0 Å². The van der Waals surface area contributed by atoms with Gasteiger partial charge in [-0.1, -0.05) is 51.9 Å². The Morgan fingerprint density at radius 1 is 0.900 bits per heavy atom. The SMILES string of the molecule is CCCCCCCCCC(O)C(C)(C)OC(C)(C)CO. The Hall–Kier alpha value is -0.120.